The van der Waals surface area contributed by atoms with Crippen molar-refractivity contribution in [1.82, 2.24) is 0 Å². The number of nitrogens with zero attached hydrogens (tertiary/aromatic N) is 3. The summed E-state index contributed by atoms with van der Waals surface area (Å²) in [6.07, 6.45) is 9.97. The predicted molar refractivity (Wildman–Crippen MR) is 231 cm³/mol. The molecule has 7 aromatic carbocycles. The lowest BCUT2D eigenvalue weighted by Gasteiger charge is -2.53. The molecule has 0 bridgehead atoms. The first kappa shape index (κ1) is 30.5. The number of anilines is 9. The van der Waals surface area contributed by atoms with Crippen LogP contribution in [-0.2, 0) is 0 Å². The van der Waals surface area contributed by atoms with Crippen LogP contribution in [0.2, 0.25) is 0 Å². The van der Waals surface area contributed by atoms with Gasteiger partial charge < -0.3 is 14.7 Å². The largest absolute Gasteiger partial charge is 0.309 e. The van der Waals surface area contributed by atoms with Gasteiger partial charge in [-0.05, 0) is 114 Å². The first-order chi connectivity index (χ1) is 25.8. The Morgan fingerprint density at radius 3 is 1.32 bits per heavy atom. The normalized spacial score (nSPS) is 18.0. The van der Waals surface area contributed by atoms with E-state index in [9.17, 15) is 0 Å². The third-order valence-corrected chi connectivity index (χ3v) is 19.0. The maximum atomic E-state index is 2.65. The lowest BCUT2D eigenvalue weighted by Crippen LogP contribution is -2.62. The fraction of sp³-hybridized carbons (Fsp3) is 0.0870. The topological polar surface area (TPSA) is 9.72 Å². The summed E-state index contributed by atoms with van der Waals surface area (Å²) < 4.78 is 0. The molecule has 7 heteroatoms. The van der Waals surface area contributed by atoms with Crippen molar-refractivity contribution in [3.63, 3.8) is 0 Å². The molecule has 0 unspecified atom stereocenters. The van der Waals surface area contributed by atoms with E-state index in [1.807, 2.05) is 11.8 Å². The highest BCUT2D eigenvalue weighted by Crippen LogP contribution is 2.70. The van der Waals surface area contributed by atoms with Crippen LogP contribution < -0.4 is 31.1 Å². The maximum Gasteiger partial charge on any atom is 0.252 e. The van der Waals surface area contributed by atoms with Gasteiger partial charge >= 0.3 is 0 Å². The zero-order valence-electron chi connectivity index (χ0n) is 30.0. The summed E-state index contributed by atoms with van der Waals surface area (Å²) in [5.74, 6) is 0. The van der Waals surface area contributed by atoms with Gasteiger partial charge in [-0.25, -0.2) is 0 Å². The number of para-hydroxylation sites is 6. The monoisotopic (exact) mass is 737 g/mol. The lowest BCUT2D eigenvalue weighted by molar-refractivity contribution is 1.12. The molecule has 5 heterocycles. The molecule has 0 radical (unpaired) electrons. The van der Waals surface area contributed by atoms with Crippen molar-refractivity contribution in [3.05, 3.63) is 146 Å². The standard InChI is InChI=1S/C46H36BN3S3/c1-52(2)40-23-11-7-19-34(40)49-36-27-29(48-32-17-5-9-21-38(32)51-39-22-10-6-18-33(39)48)28-37-44(36)47(30-15-13-25-42(52)45(30)49)31-16-14-26-43-46(31)50(37)35-20-8-12-24-41(35)53(43,3)4/h5-28H,1-4H3. The van der Waals surface area contributed by atoms with Crippen molar-refractivity contribution in [2.24, 2.45) is 0 Å². The van der Waals surface area contributed by atoms with Crippen LogP contribution in [0.25, 0.3) is 0 Å². The van der Waals surface area contributed by atoms with Crippen LogP contribution in [-0.4, -0.2) is 31.7 Å². The molecule has 5 aliphatic heterocycles. The van der Waals surface area contributed by atoms with Gasteiger partial charge in [0.2, 0.25) is 0 Å². The minimum absolute atomic E-state index is 0.115. The minimum Gasteiger partial charge on any atom is -0.309 e. The molecule has 7 aromatic rings. The van der Waals surface area contributed by atoms with Gasteiger partial charge in [-0.1, -0.05) is 84.6 Å². The van der Waals surface area contributed by atoms with Crippen LogP contribution in [0.3, 0.4) is 0 Å². The third kappa shape index (κ3) is 3.78. The van der Waals surface area contributed by atoms with Gasteiger partial charge in [-0.2, -0.15) is 20.1 Å². The fourth-order valence-electron chi connectivity index (χ4n) is 9.84. The number of fused-ring (bicyclic) bond motifs is 10. The molecule has 5 aliphatic rings. The highest BCUT2D eigenvalue weighted by Gasteiger charge is 2.50. The quantitative estimate of drug-likeness (QED) is 0.155. The Morgan fingerprint density at radius 1 is 0.415 bits per heavy atom. The number of rotatable bonds is 1. The Labute approximate surface area is 319 Å². The first-order valence-electron chi connectivity index (χ1n) is 18.2. The van der Waals surface area contributed by atoms with Crippen molar-refractivity contribution in [1.29, 1.82) is 0 Å². The molecule has 12 rings (SSSR count). The number of hydrogen-bond acceptors (Lipinski definition) is 4. The summed E-state index contributed by atoms with van der Waals surface area (Å²) in [7, 11) is -2.56. The van der Waals surface area contributed by atoms with Gasteiger partial charge in [0.1, 0.15) is 0 Å². The first-order valence-corrected chi connectivity index (χ1v) is 23.9. The number of hydrogen-bond donors (Lipinski definition) is 0. The molecule has 0 N–H and O–H groups in total. The Morgan fingerprint density at radius 2 is 0.830 bits per heavy atom. The molecule has 0 aromatic heterocycles. The smallest absolute Gasteiger partial charge is 0.252 e. The van der Waals surface area contributed by atoms with E-state index in [0.29, 0.717) is 0 Å². The summed E-state index contributed by atoms with van der Waals surface area (Å²) in [6.45, 7) is 0.115. The van der Waals surface area contributed by atoms with Crippen molar-refractivity contribution >= 4 is 106 Å². The summed E-state index contributed by atoms with van der Waals surface area (Å²) in [6, 6.07) is 55.6. The van der Waals surface area contributed by atoms with Crippen LogP contribution in [0.15, 0.2) is 175 Å². The summed E-state index contributed by atoms with van der Waals surface area (Å²) in [5, 5.41) is 0. The van der Waals surface area contributed by atoms with Gasteiger partial charge in [-0.3, -0.25) is 0 Å². The fourth-order valence-corrected chi connectivity index (χ4v) is 15.8. The lowest BCUT2D eigenvalue weighted by atomic mass is 9.33. The maximum absolute atomic E-state index is 2.65. The molecule has 0 saturated carbocycles. The highest BCUT2D eigenvalue weighted by atomic mass is 32.3. The second-order valence-corrected chi connectivity index (χ2v) is 23.5. The van der Waals surface area contributed by atoms with E-state index < -0.39 is 20.1 Å². The van der Waals surface area contributed by atoms with Gasteiger partial charge in [0.15, 0.2) is 0 Å². The van der Waals surface area contributed by atoms with Gasteiger partial charge in [0.25, 0.3) is 6.71 Å². The number of benzene rings is 7. The van der Waals surface area contributed by atoms with Crippen LogP contribution in [0, 0.1) is 0 Å². The van der Waals surface area contributed by atoms with E-state index >= 15 is 0 Å². The zero-order valence-corrected chi connectivity index (χ0v) is 32.4. The zero-order chi connectivity index (χ0) is 35.4. The Balaban J connectivity index is 1.25. The van der Waals surface area contributed by atoms with Gasteiger partial charge in [0, 0.05) is 40.7 Å². The van der Waals surface area contributed by atoms with Crippen LogP contribution in [0.4, 0.5) is 51.2 Å². The Kier molecular flexibility index (Phi) is 5.98. The third-order valence-electron chi connectivity index (χ3n) is 12.1. The van der Waals surface area contributed by atoms with E-state index in [1.54, 1.807) is 0 Å². The second kappa shape index (κ2) is 10.4. The van der Waals surface area contributed by atoms with E-state index in [-0.39, 0.29) is 6.71 Å². The molecule has 0 atom stereocenters. The van der Waals surface area contributed by atoms with Crippen LogP contribution >= 0.6 is 31.8 Å². The molecule has 0 spiro atoms. The van der Waals surface area contributed by atoms with Gasteiger partial charge in [-0.15, -0.1) is 0 Å². The summed E-state index contributed by atoms with van der Waals surface area (Å²) in [4.78, 5) is 16.2. The average Bonchev–Trinajstić information content (AvgIpc) is 3.18. The van der Waals surface area contributed by atoms with Crippen molar-refractivity contribution in [2.75, 3.05) is 39.7 Å². The van der Waals surface area contributed by atoms with Crippen molar-refractivity contribution < 1.29 is 0 Å². The highest BCUT2D eigenvalue weighted by molar-refractivity contribution is 8.33. The summed E-state index contributed by atoms with van der Waals surface area (Å²) in [5.41, 5.74) is 15.8. The molecule has 3 nitrogen and oxygen atoms in total. The van der Waals surface area contributed by atoms with Gasteiger partial charge in [0.05, 0.1) is 39.8 Å². The molecule has 0 aliphatic carbocycles. The second-order valence-electron chi connectivity index (χ2n) is 15.4. The SMILES string of the molecule is CS1(C)c2ccccc2N2c3cc(N4c5ccccc5Sc5ccccc54)cc4c3B(c3cccc1c32)c1cccc2c1N4c1ccccc1S2(C)C. The summed E-state index contributed by atoms with van der Waals surface area (Å²) >= 11 is 1.87. The Bertz CT molecular complexity index is 2590. The molecule has 53 heavy (non-hydrogen) atoms. The Hall–Kier alpha value is -4.95. The average molecular weight is 738 g/mol. The molecule has 256 valence electrons. The molecular weight excluding hydrogens is 702 g/mol. The molecule has 0 saturated heterocycles. The van der Waals surface area contributed by atoms with E-state index in [0.717, 1.165) is 0 Å². The van der Waals surface area contributed by atoms with Crippen molar-refractivity contribution in [3.8, 4) is 0 Å². The molecular formula is C46H36BN3S3. The van der Waals surface area contributed by atoms with E-state index in [4.69, 9.17) is 0 Å². The minimum atomic E-state index is -1.28. The van der Waals surface area contributed by atoms with E-state index in [1.165, 1.54) is 96.9 Å². The van der Waals surface area contributed by atoms with Crippen LogP contribution in [0.5, 0.6) is 0 Å². The molecule has 0 amide bonds. The molecule has 0 fully saturated rings. The van der Waals surface area contributed by atoms with Crippen molar-refractivity contribution in [2.45, 2.75) is 29.4 Å². The van der Waals surface area contributed by atoms with Crippen LogP contribution in [0.1, 0.15) is 0 Å². The predicted octanol–water partition coefficient (Wildman–Crippen LogP) is 11.3. The van der Waals surface area contributed by atoms with E-state index in [2.05, 4.69) is 185 Å².